The second-order valence-corrected chi connectivity index (χ2v) is 3.54. The third kappa shape index (κ3) is 1.46. The average Bonchev–Trinajstić information content (AvgIpc) is 3.01. The zero-order valence-electron chi connectivity index (χ0n) is 9.01. The predicted molar refractivity (Wildman–Crippen MR) is 55.4 cm³/mol. The van der Waals surface area contributed by atoms with Crippen molar-refractivity contribution in [2.45, 2.75) is 6.54 Å². The van der Waals surface area contributed by atoms with Crippen molar-refractivity contribution in [3.8, 4) is 28.6 Å². The fourth-order valence-electron chi connectivity index (χ4n) is 1.61. The fourth-order valence-corrected chi connectivity index (χ4v) is 1.61. The van der Waals surface area contributed by atoms with Crippen molar-refractivity contribution in [1.82, 2.24) is 10.1 Å². The summed E-state index contributed by atoms with van der Waals surface area (Å²) in [4.78, 5) is 3.90. The van der Waals surface area contributed by atoms with Crippen LogP contribution in [0.15, 0.2) is 10.6 Å². The summed E-state index contributed by atoms with van der Waals surface area (Å²) in [5, 5.41) is 13.3. The van der Waals surface area contributed by atoms with Crippen LogP contribution in [0.3, 0.4) is 0 Å². The van der Waals surface area contributed by atoms with E-state index >= 15 is 0 Å². The SMILES string of the molecule is NCc1nc(-c2cc3c(c(F)c2O)OCO3)no1. The summed E-state index contributed by atoms with van der Waals surface area (Å²) >= 11 is 0. The minimum atomic E-state index is -0.918. The van der Waals surface area contributed by atoms with Crippen LogP contribution in [0.5, 0.6) is 17.2 Å². The number of nitrogens with two attached hydrogens (primary N) is 1. The Bertz CT molecular complexity index is 613. The van der Waals surface area contributed by atoms with Crippen molar-refractivity contribution in [3.63, 3.8) is 0 Å². The number of ether oxygens (including phenoxy) is 2. The van der Waals surface area contributed by atoms with E-state index in [2.05, 4.69) is 10.1 Å². The summed E-state index contributed by atoms with van der Waals surface area (Å²) in [5.41, 5.74) is 5.38. The maximum Gasteiger partial charge on any atom is 0.240 e. The average molecular weight is 253 g/mol. The summed E-state index contributed by atoms with van der Waals surface area (Å²) in [5.74, 6) is -1.27. The molecule has 18 heavy (non-hydrogen) atoms. The molecule has 7 nitrogen and oxygen atoms in total. The minimum Gasteiger partial charge on any atom is -0.504 e. The topological polar surface area (TPSA) is 104 Å². The van der Waals surface area contributed by atoms with E-state index in [-0.39, 0.29) is 42.1 Å². The Morgan fingerprint density at radius 1 is 1.44 bits per heavy atom. The van der Waals surface area contributed by atoms with E-state index in [9.17, 15) is 9.50 Å². The van der Waals surface area contributed by atoms with Crippen LogP contribution in [0, 0.1) is 5.82 Å². The lowest BCUT2D eigenvalue weighted by Crippen LogP contribution is -1.95. The van der Waals surface area contributed by atoms with Gasteiger partial charge in [0.2, 0.25) is 30.1 Å². The van der Waals surface area contributed by atoms with E-state index < -0.39 is 11.6 Å². The molecular weight excluding hydrogens is 245 g/mol. The molecular formula is C10H8FN3O4. The number of hydrogen-bond donors (Lipinski definition) is 2. The smallest absolute Gasteiger partial charge is 0.240 e. The van der Waals surface area contributed by atoms with Gasteiger partial charge in [0.15, 0.2) is 11.5 Å². The molecule has 0 fully saturated rings. The largest absolute Gasteiger partial charge is 0.504 e. The number of hydrogen-bond acceptors (Lipinski definition) is 7. The van der Waals surface area contributed by atoms with Gasteiger partial charge in [0, 0.05) is 0 Å². The van der Waals surface area contributed by atoms with Gasteiger partial charge in [0.25, 0.3) is 0 Å². The molecule has 94 valence electrons. The molecule has 0 radical (unpaired) electrons. The first-order valence-electron chi connectivity index (χ1n) is 5.04. The van der Waals surface area contributed by atoms with Crippen LogP contribution in [0.1, 0.15) is 5.89 Å². The second-order valence-electron chi connectivity index (χ2n) is 3.54. The molecule has 0 saturated carbocycles. The van der Waals surface area contributed by atoms with Crippen LogP contribution in [0.2, 0.25) is 0 Å². The summed E-state index contributed by atoms with van der Waals surface area (Å²) in [6.45, 7) is -0.0454. The van der Waals surface area contributed by atoms with Crippen LogP contribution in [-0.2, 0) is 6.54 Å². The summed E-state index contributed by atoms with van der Waals surface area (Å²) in [6, 6.07) is 1.38. The quantitative estimate of drug-likeness (QED) is 0.814. The number of phenolic OH excluding ortho intramolecular Hbond substituents is 1. The first kappa shape index (κ1) is 10.8. The lowest BCUT2D eigenvalue weighted by Gasteiger charge is -2.04. The van der Waals surface area contributed by atoms with Gasteiger partial charge in [-0.15, -0.1) is 0 Å². The van der Waals surface area contributed by atoms with Gasteiger partial charge >= 0.3 is 0 Å². The molecule has 3 N–H and O–H groups in total. The number of benzene rings is 1. The zero-order valence-corrected chi connectivity index (χ0v) is 9.01. The molecule has 0 bridgehead atoms. The molecule has 0 unspecified atom stereocenters. The predicted octanol–water partition coefficient (Wildman–Crippen LogP) is 0.769. The highest BCUT2D eigenvalue weighted by Gasteiger charge is 2.26. The van der Waals surface area contributed by atoms with Crippen LogP contribution in [0.4, 0.5) is 4.39 Å². The first-order chi connectivity index (χ1) is 8.70. The highest BCUT2D eigenvalue weighted by molar-refractivity contribution is 5.69. The van der Waals surface area contributed by atoms with E-state index in [1.807, 2.05) is 0 Å². The molecule has 1 aliphatic rings. The van der Waals surface area contributed by atoms with Crippen molar-refractivity contribution in [3.05, 3.63) is 17.8 Å². The number of rotatable bonds is 2. The number of aromatic hydroxyl groups is 1. The number of nitrogens with zero attached hydrogens (tertiary/aromatic N) is 2. The minimum absolute atomic E-state index is 0.0325. The number of aromatic nitrogens is 2. The Hall–Kier alpha value is -2.35. The molecule has 0 atom stereocenters. The van der Waals surface area contributed by atoms with Crippen molar-refractivity contribution >= 4 is 0 Å². The van der Waals surface area contributed by atoms with Gasteiger partial charge in [-0.2, -0.15) is 9.37 Å². The lowest BCUT2D eigenvalue weighted by atomic mass is 10.1. The Labute approximate surface area is 99.9 Å². The number of phenols is 1. The van der Waals surface area contributed by atoms with Crippen molar-refractivity contribution < 1.29 is 23.5 Å². The van der Waals surface area contributed by atoms with Crippen LogP contribution in [0.25, 0.3) is 11.4 Å². The standard InChI is InChI=1S/C10H8FN3O4/c11-7-8(15)4(1-5-9(7)17-3-16-5)10-13-6(2-12)18-14-10/h1,15H,2-3,12H2. The monoisotopic (exact) mass is 253 g/mol. The maximum atomic E-state index is 13.8. The molecule has 0 amide bonds. The van der Waals surface area contributed by atoms with Gasteiger partial charge in [0.05, 0.1) is 12.1 Å². The van der Waals surface area contributed by atoms with E-state index in [1.54, 1.807) is 0 Å². The molecule has 0 spiro atoms. The van der Waals surface area contributed by atoms with Gasteiger partial charge in [-0.1, -0.05) is 5.16 Å². The molecule has 0 aliphatic carbocycles. The van der Waals surface area contributed by atoms with Crippen molar-refractivity contribution in [2.75, 3.05) is 6.79 Å². The molecule has 0 saturated heterocycles. The van der Waals surface area contributed by atoms with Gasteiger partial charge in [-0.05, 0) is 6.07 Å². The van der Waals surface area contributed by atoms with Crippen LogP contribution in [-0.4, -0.2) is 22.0 Å². The molecule has 3 rings (SSSR count). The molecule has 2 aromatic rings. The summed E-state index contributed by atoms with van der Waals surface area (Å²) in [7, 11) is 0. The third-order valence-corrected chi connectivity index (χ3v) is 2.46. The van der Waals surface area contributed by atoms with Gasteiger partial charge < -0.3 is 24.8 Å². The van der Waals surface area contributed by atoms with E-state index in [0.717, 1.165) is 0 Å². The normalized spacial score (nSPS) is 13.0. The van der Waals surface area contributed by atoms with E-state index in [4.69, 9.17) is 19.7 Å². The van der Waals surface area contributed by atoms with Gasteiger partial charge in [-0.25, -0.2) is 0 Å². The Morgan fingerprint density at radius 2 is 2.28 bits per heavy atom. The highest BCUT2D eigenvalue weighted by Crippen LogP contribution is 2.44. The molecule has 1 aliphatic heterocycles. The summed E-state index contributed by atoms with van der Waals surface area (Å²) in [6.07, 6.45) is 0. The number of halogens is 1. The molecule has 1 aromatic carbocycles. The summed E-state index contributed by atoms with van der Waals surface area (Å²) < 4.78 is 28.5. The molecule has 2 heterocycles. The molecule has 1 aromatic heterocycles. The van der Waals surface area contributed by atoms with Crippen LogP contribution < -0.4 is 15.2 Å². The third-order valence-electron chi connectivity index (χ3n) is 2.46. The van der Waals surface area contributed by atoms with Gasteiger partial charge in [0.1, 0.15) is 0 Å². The zero-order chi connectivity index (χ0) is 12.7. The van der Waals surface area contributed by atoms with E-state index in [1.165, 1.54) is 6.07 Å². The lowest BCUT2D eigenvalue weighted by molar-refractivity contribution is 0.170. The second kappa shape index (κ2) is 3.84. The first-order valence-corrected chi connectivity index (χ1v) is 5.04. The maximum absolute atomic E-state index is 13.8. The highest BCUT2D eigenvalue weighted by atomic mass is 19.1. The van der Waals surface area contributed by atoms with Crippen LogP contribution >= 0.6 is 0 Å². The fraction of sp³-hybridized carbons (Fsp3) is 0.200. The van der Waals surface area contributed by atoms with Crippen molar-refractivity contribution in [2.24, 2.45) is 5.73 Å². The Morgan fingerprint density at radius 3 is 3.00 bits per heavy atom. The van der Waals surface area contributed by atoms with Gasteiger partial charge in [-0.3, -0.25) is 0 Å². The Kier molecular flexibility index (Phi) is 2.30. The number of fused-ring (bicyclic) bond motifs is 1. The van der Waals surface area contributed by atoms with Crippen molar-refractivity contribution in [1.29, 1.82) is 0 Å². The van der Waals surface area contributed by atoms with E-state index in [0.29, 0.717) is 0 Å². The Balaban J connectivity index is 2.15. The molecule has 8 heteroatoms.